The lowest BCUT2D eigenvalue weighted by Crippen LogP contribution is -2.28. The van der Waals surface area contributed by atoms with Gasteiger partial charge in [-0.15, -0.1) is 0 Å². The summed E-state index contributed by atoms with van der Waals surface area (Å²) in [5, 5.41) is 0. The second-order valence-corrected chi connectivity index (χ2v) is 5.17. The van der Waals surface area contributed by atoms with Gasteiger partial charge in [-0.2, -0.15) is 0 Å². The highest BCUT2D eigenvalue weighted by Gasteiger charge is 2.29. The van der Waals surface area contributed by atoms with Gasteiger partial charge in [-0.3, -0.25) is 0 Å². The lowest BCUT2D eigenvalue weighted by molar-refractivity contribution is 0.571. The third kappa shape index (κ3) is 2.69. The summed E-state index contributed by atoms with van der Waals surface area (Å²) in [6.07, 6.45) is 3.89. The summed E-state index contributed by atoms with van der Waals surface area (Å²) in [7, 11) is 0. The number of nitrogens with two attached hydrogens (primary N) is 1. The predicted molar refractivity (Wildman–Crippen MR) is 70.7 cm³/mol. The number of para-hydroxylation sites is 2. The summed E-state index contributed by atoms with van der Waals surface area (Å²) in [6, 6.07) is 8.97. The highest BCUT2D eigenvalue weighted by Crippen LogP contribution is 2.34. The Morgan fingerprint density at radius 2 is 2.00 bits per heavy atom. The van der Waals surface area contributed by atoms with Gasteiger partial charge in [0.1, 0.15) is 0 Å². The SMILES string of the molecule is CC(C)CCN(c1ccccc1N)C1CC1. The van der Waals surface area contributed by atoms with Crippen molar-refractivity contribution < 1.29 is 0 Å². The van der Waals surface area contributed by atoms with Crippen molar-refractivity contribution in [3.63, 3.8) is 0 Å². The molecule has 2 heteroatoms. The summed E-state index contributed by atoms with van der Waals surface area (Å²) in [5.41, 5.74) is 8.19. The van der Waals surface area contributed by atoms with E-state index in [1.807, 2.05) is 12.1 Å². The first kappa shape index (κ1) is 11.3. The molecule has 88 valence electrons. The largest absolute Gasteiger partial charge is 0.397 e. The molecule has 1 fully saturated rings. The van der Waals surface area contributed by atoms with Crippen molar-refractivity contribution in [2.45, 2.75) is 39.2 Å². The zero-order valence-electron chi connectivity index (χ0n) is 10.3. The standard InChI is InChI=1S/C14H22N2/c1-11(2)9-10-16(12-7-8-12)14-6-4-3-5-13(14)15/h3-6,11-12H,7-10,15H2,1-2H3. The minimum absolute atomic E-state index is 0.739. The van der Waals surface area contributed by atoms with Gasteiger partial charge in [0, 0.05) is 12.6 Å². The van der Waals surface area contributed by atoms with E-state index < -0.39 is 0 Å². The Hall–Kier alpha value is -1.18. The lowest BCUT2D eigenvalue weighted by atomic mass is 10.1. The smallest absolute Gasteiger partial charge is 0.0602 e. The van der Waals surface area contributed by atoms with E-state index in [0.29, 0.717) is 0 Å². The van der Waals surface area contributed by atoms with Crippen LogP contribution >= 0.6 is 0 Å². The van der Waals surface area contributed by atoms with E-state index in [4.69, 9.17) is 5.73 Å². The Balaban J connectivity index is 2.10. The molecule has 0 atom stereocenters. The Bertz CT molecular complexity index is 342. The molecule has 16 heavy (non-hydrogen) atoms. The Labute approximate surface area is 98.4 Å². The molecule has 1 aromatic carbocycles. The van der Waals surface area contributed by atoms with Gasteiger partial charge in [-0.1, -0.05) is 26.0 Å². The van der Waals surface area contributed by atoms with E-state index in [1.165, 1.54) is 24.9 Å². The van der Waals surface area contributed by atoms with Crippen LogP contribution in [0.25, 0.3) is 0 Å². The summed E-state index contributed by atoms with van der Waals surface area (Å²) < 4.78 is 0. The van der Waals surface area contributed by atoms with Crippen molar-refractivity contribution in [1.82, 2.24) is 0 Å². The van der Waals surface area contributed by atoms with E-state index in [-0.39, 0.29) is 0 Å². The third-order valence-corrected chi connectivity index (χ3v) is 3.18. The molecule has 0 unspecified atom stereocenters. The molecular weight excluding hydrogens is 196 g/mol. The molecule has 0 heterocycles. The number of nitrogens with zero attached hydrogens (tertiary/aromatic N) is 1. The maximum atomic E-state index is 6.05. The first-order chi connectivity index (χ1) is 7.68. The number of nitrogen functional groups attached to an aromatic ring is 1. The van der Waals surface area contributed by atoms with Gasteiger partial charge in [0.05, 0.1) is 11.4 Å². The molecule has 2 N–H and O–H groups in total. The van der Waals surface area contributed by atoms with Crippen molar-refractivity contribution in [3.8, 4) is 0 Å². The molecule has 1 aromatic rings. The van der Waals surface area contributed by atoms with Crippen molar-refractivity contribution in [2.24, 2.45) is 5.92 Å². The summed E-state index contributed by atoms with van der Waals surface area (Å²) >= 11 is 0. The van der Waals surface area contributed by atoms with Gasteiger partial charge >= 0.3 is 0 Å². The number of benzene rings is 1. The molecule has 1 aliphatic rings. The van der Waals surface area contributed by atoms with Crippen molar-refractivity contribution in [2.75, 3.05) is 17.2 Å². The average Bonchev–Trinajstić information content (AvgIpc) is 3.04. The molecule has 0 spiro atoms. The monoisotopic (exact) mass is 218 g/mol. The van der Waals surface area contributed by atoms with Gasteiger partial charge in [0.25, 0.3) is 0 Å². The molecule has 0 aliphatic heterocycles. The Morgan fingerprint density at radius 1 is 1.31 bits per heavy atom. The van der Waals surface area contributed by atoms with Gasteiger partial charge < -0.3 is 10.6 Å². The third-order valence-electron chi connectivity index (χ3n) is 3.18. The minimum atomic E-state index is 0.739. The number of rotatable bonds is 5. The quantitative estimate of drug-likeness (QED) is 0.768. The molecule has 0 bridgehead atoms. The van der Waals surface area contributed by atoms with Crippen LogP contribution in [-0.2, 0) is 0 Å². The maximum Gasteiger partial charge on any atom is 0.0602 e. The highest BCUT2D eigenvalue weighted by atomic mass is 15.2. The molecule has 2 nitrogen and oxygen atoms in total. The molecule has 1 aliphatic carbocycles. The van der Waals surface area contributed by atoms with Crippen molar-refractivity contribution >= 4 is 11.4 Å². The minimum Gasteiger partial charge on any atom is -0.397 e. The van der Waals surface area contributed by atoms with E-state index >= 15 is 0 Å². The molecule has 0 saturated heterocycles. The highest BCUT2D eigenvalue weighted by molar-refractivity contribution is 5.68. The van der Waals surface area contributed by atoms with Crippen molar-refractivity contribution in [1.29, 1.82) is 0 Å². The summed E-state index contributed by atoms with van der Waals surface area (Å²) in [6.45, 7) is 5.69. The van der Waals surface area contributed by atoms with Gasteiger partial charge in [0.15, 0.2) is 0 Å². The zero-order chi connectivity index (χ0) is 11.5. The number of anilines is 2. The maximum absolute atomic E-state index is 6.05. The van der Waals surface area contributed by atoms with Crippen LogP contribution in [0.3, 0.4) is 0 Å². The first-order valence-electron chi connectivity index (χ1n) is 6.29. The van der Waals surface area contributed by atoms with Crippen LogP contribution in [0, 0.1) is 5.92 Å². The van der Waals surface area contributed by atoms with Crippen molar-refractivity contribution in [3.05, 3.63) is 24.3 Å². The predicted octanol–water partition coefficient (Wildman–Crippen LogP) is 3.28. The molecule has 1 saturated carbocycles. The van der Waals surface area contributed by atoms with E-state index in [1.54, 1.807) is 0 Å². The number of hydrogen-bond acceptors (Lipinski definition) is 2. The fraction of sp³-hybridized carbons (Fsp3) is 0.571. The first-order valence-corrected chi connectivity index (χ1v) is 6.29. The van der Waals surface area contributed by atoms with Gasteiger partial charge in [-0.25, -0.2) is 0 Å². The fourth-order valence-electron chi connectivity index (χ4n) is 2.03. The van der Waals surface area contributed by atoms with Gasteiger partial charge in [0.2, 0.25) is 0 Å². The zero-order valence-corrected chi connectivity index (χ0v) is 10.3. The molecule has 0 radical (unpaired) electrons. The van der Waals surface area contributed by atoms with Gasteiger partial charge in [-0.05, 0) is 37.3 Å². The molecule has 0 amide bonds. The van der Waals surface area contributed by atoms with Crippen LogP contribution in [-0.4, -0.2) is 12.6 Å². The van der Waals surface area contributed by atoms with E-state index in [2.05, 4.69) is 30.9 Å². The van der Waals surface area contributed by atoms with Crippen LogP contribution in [0.1, 0.15) is 33.1 Å². The van der Waals surface area contributed by atoms with Crippen LogP contribution in [0.4, 0.5) is 11.4 Å². The number of hydrogen-bond donors (Lipinski definition) is 1. The Morgan fingerprint density at radius 3 is 2.56 bits per heavy atom. The normalized spacial score (nSPS) is 15.4. The Kier molecular flexibility index (Phi) is 3.37. The van der Waals surface area contributed by atoms with Crippen LogP contribution in [0.5, 0.6) is 0 Å². The topological polar surface area (TPSA) is 29.3 Å². The summed E-state index contributed by atoms with van der Waals surface area (Å²) in [5.74, 6) is 0.756. The second-order valence-electron chi connectivity index (χ2n) is 5.17. The van der Waals surface area contributed by atoms with Crippen LogP contribution in [0.15, 0.2) is 24.3 Å². The summed E-state index contributed by atoms with van der Waals surface area (Å²) in [4.78, 5) is 2.50. The average molecular weight is 218 g/mol. The van der Waals surface area contributed by atoms with E-state index in [9.17, 15) is 0 Å². The van der Waals surface area contributed by atoms with E-state index in [0.717, 1.165) is 24.2 Å². The molecule has 0 aromatic heterocycles. The second kappa shape index (κ2) is 4.77. The fourth-order valence-corrected chi connectivity index (χ4v) is 2.03. The van der Waals surface area contributed by atoms with Crippen LogP contribution < -0.4 is 10.6 Å². The molecular formula is C14H22N2. The van der Waals surface area contributed by atoms with Crippen LogP contribution in [0.2, 0.25) is 0 Å². The molecule has 2 rings (SSSR count). The lowest BCUT2D eigenvalue weighted by Gasteiger charge is -2.26.